The third-order valence-electron chi connectivity index (χ3n) is 3.05. The van der Waals surface area contributed by atoms with E-state index < -0.39 is 0 Å². The lowest BCUT2D eigenvalue weighted by Crippen LogP contribution is -2.41. The highest BCUT2D eigenvalue weighted by Gasteiger charge is 2.21. The van der Waals surface area contributed by atoms with Crippen molar-refractivity contribution < 1.29 is 4.74 Å². The first kappa shape index (κ1) is 11.6. The Bertz CT molecular complexity index is 191. The van der Waals surface area contributed by atoms with E-state index in [-0.39, 0.29) is 6.04 Å². The third-order valence-corrected chi connectivity index (χ3v) is 3.05. The van der Waals surface area contributed by atoms with Gasteiger partial charge in [0.1, 0.15) is 0 Å². The molecule has 1 aliphatic rings. The summed E-state index contributed by atoms with van der Waals surface area (Å²) in [6.45, 7) is 6.16. The number of hydrogen-bond donors (Lipinski definition) is 1. The summed E-state index contributed by atoms with van der Waals surface area (Å²) in [7, 11) is 0. The van der Waals surface area contributed by atoms with Gasteiger partial charge >= 0.3 is 0 Å². The van der Waals surface area contributed by atoms with Gasteiger partial charge in [-0.15, -0.1) is 6.42 Å². The van der Waals surface area contributed by atoms with Crippen LogP contribution < -0.4 is 5.32 Å². The molecule has 80 valence electrons. The first-order valence-electron chi connectivity index (χ1n) is 5.57. The zero-order chi connectivity index (χ0) is 10.4. The second kappa shape index (κ2) is 6.06. The lowest BCUT2D eigenvalue weighted by molar-refractivity contribution is 0.0552. The molecule has 0 spiro atoms. The molecule has 1 N–H and O–H groups in total. The predicted molar refractivity (Wildman–Crippen MR) is 59.1 cm³/mol. The lowest BCUT2D eigenvalue weighted by atomic mass is 9.92. The zero-order valence-corrected chi connectivity index (χ0v) is 9.25. The molecule has 1 saturated heterocycles. The van der Waals surface area contributed by atoms with Crippen LogP contribution in [0.25, 0.3) is 0 Å². The van der Waals surface area contributed by atoms with E-state index in [2.05, 4.69) is 25.1 Å². The topological polar surface area (TPSA) is 21.3 Å². The van der Waals surface area contributed by atoms with Gasteiger partial charge in [0.25, 0.3) is 0 Å². The third kappa shape index (κ3) is 3.32. The van der Waals surface area contributed by atoms with Crippen molar-refractivity contribution in [2.45, 2.75) is 45.2 Å². The zero-order valence-electron chi connectivity index (χ0n) is 9.25. The Kier molecular flexibility index (Phi) is 5.00. The molecule has 1 fully saturated rings. The fraction of sp³-hybridized carbons (Fsp3) is 0.833. The number of nitrogens with one attached hydrogen (secondary N) is 1. The normalized spacial score (nSPS) is 22.6. The molecule has 0 saturated carbocycles. The molecule has 0 aromatic rings. The molecule has 0 amide bonds. The minimum Gasteiger partial charge on any atom is -0.381 e. The Morgan fingerprint density at radius 3 is 2.64 bits per heavy atom. The lowest BCUT2D eigenvalue weighted by Gasteiger charge is -2.30. The van der Waals surface area contributed by atoms with Crippen LogP contribution in [-0.4, -0.2) is 25.3 Å². The predicted octanol–water partition coefficient (Wildman–Crippen LogP) is 1.80. The molecule has 14 heavy (non-hydrogen) atoms. The Morgan fingerprint density at radius 1 is 1.50 bits per heavy atom. The average molecular weight is 195 g/mol. The van der Waals surface area contributed by atoms with Crippen molar-refractivity contribution in [3.8, 4) is 12.3 Å². The Balaban J connectivity index is 2.32. The van der Waals surface area contributed by atoms with E-state index in [0.29, 0.717) is 6.04 Å². The minimum atomic E-state index is 0.229. The molecule has 1 heterocycles. The fourth-order valence-corrected chi connectivity index (χ4v) is 1.95. The van der Waals surface area contributed by atoms with Gasteiger partial charge in [-0.05, 0) is 32.1 Å². The summed E-state index contributed by atoms with van der Waals surface area (Å²) in [5, 5.41) is 3.49. The summed E-state index contributed by atoms with van der Waals surface area (Å²) in [5.74, 6) is 3.51. The van der Waals surface area contributed by atoms with Crippen molar-refractivity contribution in [3.63, 3.8) is 0 Å². The van der Waals surface area contributed by atoms with Crippen molar-refractivity contribution in [3.05, 3.63) is 0 Å². The standard InChI is InChI=1S/C12H21NO/c1-4-12(5-2)13-10(3)11-6-8-14-9-7-11/h1,10-13H,5-9H2,2-3H3. The van der Waals surface area contributed by atoms with E-state index >= 15 is 0 Å². The summed E-state index contributed by atoms with van der Waals surface area (Å²) in [6, 6.07) is 0.743. The van der Waals surface area contributed by atoms with Crippen molar-refractivity contribution in [1.82, 2.24) is 5.32 Å². The van der Waals surface area contributed by atoms with Gasteiger partial charge in [-0.25, -0.2) is 0 Å². The summed E-state index contributed by atoms with van der Waals surface area (Å²) >= 11 is 0. The maximum atomic E-state index is 5.42. The van der Waals surface area contributed by atoms with E-state index in [1.54, 1.807) is 0 Å². The first-order chi connectivity index (χ1) is 6.77. The summed E-state index contributed by atoms with van der Waals surface area (Å²) < 4.78 is 5.34. The number of rotatable bonds is 4. The highest BCUT2D eigenvalue weighted by Crippen LogP contribution is 2.18. The van der Waals surface area contributed by atoms with Crippen LogP contribution in [-0.2, 0) is 4.74 Å². The van der Waals surface area contributed by atoms with Crippen LogP contribution in [0.5, 0.6) is 0 Å². The molecule has 0 aliphatic carbocycles. The molecule has 2 nitrogen and oxygen atoms in total. The van der Waals surface area contributed by atoms with E-state index in [4.69, 9.17) is 11.2 Å². The second-order valence-corrected chi connectivity index (χ2v) is 4.03. The second-order valence-electron chi connectivity index (χ2n) is 4.03. The molecule has 0 bridgehead atoms. The molecule has 2 heteroatoms. The van der Waals surface area contributed by atoms with Crippen molar-refractivity contribution >= 4 is 0 Å². The van der Waals surface area contributed by atoms with Crippen LogP contribution in [0, 0.1) is 18.3 Å². The quantitative estimate of drug-likeness (QED) is 0.691. The van der Waals surface area contributed by atoms with Gasteiger partial charge in [0.15, 0.2) is 0 Å². The minimum absolute atomic E-state index is 0.229. The van der Waals surface area contributed by atoms with Crippen LogP contribution in [0.4, 0.5) is 0 Å². The number of terminal acetylenes is 1. The van der Waals surface area contributed by atoms with Gasteiger partial charge in [-0.3, -0.25) is 0 Å². The highest BCUT2D eigenvalue weighted by atomic mass is 16.5. The van der Waals surface area contributed by atoms with Gasteiger partial charge in [0, 0.05) is 19.3 Å². The van der Waals surface area contributed by atoms with Crippen molar-refractivity contribution in [2.24, 2.45) is 5.92 Å². The maximum absolute atomic E-state index is 5.42. The van der Waals surface area contributed by atoms with Crippen molar-refractivity contribution in [1.29, 1.82) is 0 Å². The van der Waals surface area contributed by atoms with E-state index in [1.165, 1.54) is 0 Å². The van der Waals surface area contributed by atoms with E-state index in [1.807, 2.05) is 0 Å². The monoisotopic (exact) mass is 195 g/mol. The SMILES string of the molecule is C#CC(CC)NC(C)C1CCOCC1. The van der Waals surface area contributed by atoms with Crippen LogP contribution in [0.1, 0.15) is 33.1 Å². The van der Waals surface area contributed by atoms with Gasteiger partial charge in [-0.1, -0.05) is 12.8 Å². The Labute approximate surface area is 87.4 Å². The van der Waals surface area contributed by atoms with Crippen LogP contribution >= 0.6 is 0 Å². The number of ether oxygens (including phenoxy) is 1. The summed E-state index contributed by atoms with van der Waals surface area (Å²) in [6.07, 6.45) is 8.75. The van der Waals surface area contributed by atoms with E-state index in [9.17, 15) is 0 Å². The fourth-order valence-electron chi connectivity index (χ4n) is 1.95. The van der Waals surface area contributed by atoms with E-state index in [0.717, 1.165) is 38.4 Å². The first-order valence-corrected chi connectivity index (χ1v) is 5.57. The molecule has 0 radical (unpaired) electrons. The van der Waals surface area contributed by atoms with Crippen LogP contribution in [0.15, 0.2) is 0 Å². The Morgan fingerprint density at radius 2 is 2.14 bits per heavy atom. The molecule has 2 unspecified atom stereocenters. The molecule has 1 rings (SSSR count). The summed E-state index contributed by atoms with van der Waals surface area (Å²) in [5.41, 5.74) is 0. The molecular weight excluding hydrogens is 174 g/mol. The molecule has 0 aromatic heterocycles. The average Bonchev–Trinajstić information content (AvgIpc) is 2.26. The van der Waals surface area contributed by atoms with Crippen molar-refractivity contribution in [2.75, 3.05) is 13.2 Å². The summed E-state index contributed by atoms with van der Waals surface area (Å²) in [4.78, 5) is 0. The van der Waals surface area contributed by atoms with Crippen LogP contribution in [0.3, 0.4) is 0 Å². The molecule has 0 aromatic carbocycles. The molecule has 1 aliphatic heterocycles. The molecular formula is C12H21NO. The van der Waals surface area contributed by atoms with Gasteiger partial charge in [0.05, 0.1) is 6.04 Å². The van der Waals surface area contributed by atoms with Gasteiger partial charge in [-0.2, -0.15) is 0 Å². The number of hydrogen-bond acceptors (Lipinski definition) is 2. The maximum Gasteiger partial charge on any atom is 0.0686 e. The smallest absolute Gasteiger partial charge is 0.0686 e. The van der Waals surface area contributed by atoms with Crippen LogP contribution in [0.2, 0.25) is 0 Å². The highest BCUT2D eigenvalue weighted by molar-refractivity contribution is 4.99. The van der Waals surface area contributed by atoms with Gasteiger partial charge in [0.2, 0.25) is 0 Å². The largest absolute Gasteiger partial charge is 0.381 e. The van der Waals surface area contributed by atoms with Gasteiger partial charge < -0.3 is 10.1 Å². The molecule has 2 atom stereocenters. The Hall–Kier alpha value is -0.520.